The first-order valence-corrected chi connectivity index (χ1v) is 8.17. The van der Waals surface area contributed by atoms with Crippen LogP contribution in [0.2, 0.25) is 0 Å². The van der Waals surface area contributed by atoms with Gasteiger partial charge in [-0.2, -0.15) is 0 Å². The van der Waals surface area contributed by atoms with Crippen LogP contribution >= 0.6 is 0 Å². The molecule has 0 saturated heterocycles. The maximum absolute atomic E-state index is 6.46. The molecule has 1 aromatic rings. The van der Waals surface area contributed by atoms with Crippen LogP contribution in [0.15, 0.2) is 12.4 Å². The van der Waals surface area contributed by atoms with Crippen LogP contribution in [0.25, 0.3) is 0 Å². The van der Waals surface area contributed by atoms with Crippen molar-refractivity contribution in [2.24, 2.45) is 23.0 Å². The van der Waals surface area contributed by atoms with Crippen LogP contribution < -0.4 is 5.73 Å². The fourth-order valence-electron chi connectivity index (χ4n) is 3.61. The van der Waals surface area contributed by atoms with Gasteiger partial charge in [0.25, 0.3) is 0 Å². The predicted molar refractivity (Wildman–Crippen MR) is 84.5 cm³/mol. The lowest BCUT2D eigenvalue weighted by Crippen LogP contribution is -2.37. The molecule has 3 nitrogen and oxygen atoms in total. The Hall–Kier alpha value is -0.830. The molecular formula is C17H31N3. The summed E-state index contributed by atoms with van der Waals surface area (Å²) in [6, 6.07) is 0.267. The van der Waals surface area contributed by atoms with Crippen LogP contribution in [0.3, 0.4) is 0 Å². The van der Waals surface area contributed by atoms with Crippen molar-refractivity contribution < 1.29 is 0 Å². The van der Waals surface area contributed by atoms with Gasteiger partial charge in [-0.3, -0.25) is 0 Å². The van der Waals surface area contributed by atoms with Crippen LogP contribution in [0, 0.1) is 17.3 Å². The van der Waals surface area contributed by atoms with Gasteiger partial charge in [0.15, 0.2) is 0 Å². The Morgan fingerprint density at radius 2 is 1.95 bits per heavy atom. The zero-order valence-electron chi connectivity index (χ0n) is 13.6. The molecule has 1 aromatic heterocycles. The van der Waals surface area contributed by atoms with Crippen LogP contribution in [0.5, 0.6) is 0 Å². The van der Waals surface area contributed by atoms with Gasteiger partial charge in [0.2, 0.25) is 0 Å². The molecule has 0 bridgehead atoms. The second-order valence-electron chi connectivity index (χ2n) is 7.48. The van der Waals surface area contributed by atoms with E-state index in [1.165, 1.54) is 25.7 Å². The Morgan fingerprint density at radius 3 is 2.50 bits per heavy atom. The number of aromatic nitrogens is 2. The highest BCUT2D eigenvalue weighted by atomic mass is 15.1. The van der Waals surface area contributed by atoms with Crippen molar-refractivity contribution in [1.82, 2.24) is 9.55 Å². The lowest BCUT2D eigenvalue weighted by Gasteiger charge is -2.38. The molecule has 2 N–H and O–H groups in total. The third kappa shape index (κ3) is 3.63. The molecule has 0 amide bonds. The number of nitrogens with zero attached hydrogens (tertiary/aromatic N) is 2. The van der Waals surface area contributed by atoms with Crippen molar-refractivity contribution in [2.45, 2.75) is 72.4 Å². The highest BCUT2D eigenvalue weighted by molar-refractivity contribution is 4.97. The maximum Gasteiger partial charge on any atom is 0.110 e. The molecule has 1 fully saturated rings. The first-order chi connectivity index (χ1) is 9.41. The summed E-state index contributed by atoms with van der Waals surface area (Å²) in [5.41, 5.74) is 6.92. The largest absolute Gasteiger partial charge is 0.335 e. The number of imidazole rings is 1. The van der Waals surface area contributed by atoms with Gasteiger partial charge in [0.05, 0.1) is 0 Å². The van der Waals surface area contributed by atoms with Gasteiger partial charge >= 0.3 is 0 Å². The van der Waals surface area contributed by atoms with Crippen LogP contribution in [-0.4, -0.2) is 15.6 Å². The third-order valence-corrected chi connectivity index (χ3v) is 5.16. The summed E-state index contributed by atoms with van der Waals surface area (Å²) in [5.74, 6) is 2.69. The van der Waals surface area contributed by atoms with Gasteiger partial charge in [-0.15, -0.1) is 0 Å². The summed E-state index contributed by atoms with van der Waals surface area (Å²) in [5, 5.41) is 0. The molecule has 0 aromatic carbocycles. The van der Waals surface area contributed by atoms with E-state index in [1.54, 1.807) is 0 Å². The van der Waals surface area contributed by atoms with Gasteiger partial charge in [-0.25, -0.2) is 4.98 Å². The van der Waals surface area contributed by atoms with E-state index in [2.05, 4.69) is 43.4 Å². The molecule has 1 aliphatic rings. The summed E-state index contributed by atoms with van der Waals surface area (Å²) < 4.78 is 2.21. The predicted octanol–water partition coefficient (Wildman–Crippen LogP) is 3.63. The Kier molecular flexibility index (Phi) is 4.90. The fourth-order valence-corrected chi connectivity index (χ4v) is 3.61. The van der Waals surface area contributed by atoms with E-state index in [1.807, 2.05) is 6.20 Å². The normalized spacial score (nSPS) is 25.6. The topological polar surface area (TPSA) is 43.8 Å². The van der Waals surface area contributed by atoms with Gasteiger partial charge in [0, 0.05) is 31.4 Å². The molecule has 1 saturated carbocycles. The van der Waals surface area contributed by atoms with Crippen molar-refractivity contribution >= 4 is 0 Å². The molecule has 2 rings (SSSR count). The van der Waals surface area contributed by atoms with Crippen LogP contribution in [-0.2, 0) is 13.0 Å². The van der Waals surface area contributed by atoms with Gasteiger partial charge in [-0.05, 0) is 49.9 Å². The molecule has 1 heterocycles. The quantitative estimate of drug-likeness (QED) is 0.913. The minimum atomic E-state index is 0.267. The second kappa shape index (κ2) is 6.30. The molecule has 1 unspecified atom stereocenters. The standard InChI is InChI=1S/C17H31N3/c1-5-20-11-10-19-16(20)12-15(18)13-6-8-14(9-7-13)17(2,3)4/h10-11,13-15H,5-9,12,18H2,1-4H3. The fraction of sp³-hybridized carbons (Fsp3) is 0.824. The van der Waals surface area contributed by atoms with Crippen LogP contribution in [0.4, 0.5) is 0 Å². The van der Waals surface area contributed by atoms with E-state index >= 15 is 0 Å². The summed E-state index contributed by atoms with van der Waals surface area (Å²) in [4.78, 5) is 4.46. The first kappa shape index (κ1) is 15.6. The molecule has 114 valence electrons. The average Bonchev–Trinajstić information content (AvgIpc) is 2.85. The zero-order valence-corrected chi connectivity index (χ0v) is 13.6. The number of hydrogen-bond acceptors (Lipinski definition) is 2. The highest BCUT2D eigenvalue weighted by Gasteiger charge is 2.32. The molecule has 0 aliphatic heterocycles. The van der Waals surface area contributed by atoms with Gasteiger partial charge in [0.1, 0.15) is 5.82 Å². The molecule has 3 heteroatoms. The monoisotopic (exact) mass is 277 g/mol. The Morgan fingerprint density at radius 1 is 1.30 bits per heavy atom. The number of rotatable bonds is 4. The molecule has 1 atom stereocenters. The number of hydrogen-bond donors (Lipinski definition) is 1. The van der Waals surface area contributed by atoms with E-state index in [0.717, 1.165) is 24.7 Å². The SMILES string of the molecule is CCn1ccnc1CC(N)C1CCC(C(C)(C)C)CC1. The van der Waals surface area contributed by atoms with Crippen molar-refractivity contribution in [1.29, 1.82) is 0 Å². The Labute approximate surface area is 124 Å². The van der Waals surface area contributed by atoms with Crippen molar-refractivity contribution in [3.63, 3.8) is 0 Å². The lowest BCUT2D eigenvalue weighted by molar-refractivity contribution is 0.139. The van der Waals surface area contributed by atoms with E-state index in [0.29, 0.717) is 11.3 Å². The smallest absolute Gasteiger partial charge is 0.110 e. The van der Waals surface area contributed by atoms with Gasteiger partial charge in [-0.1, -0.05) is 20.8 Å². The third-order valence-electron chi connectivity index (χ3n) is 5.16. The maximum atomic E-state index is 6.46. The van der Waals surface area contributed by atoms with E-state index < -0.39 is 0 Å². The lowest BCUT2D eigenvalue weighted by atomic mass is 9.68. The highest BCUT2D eigenvalue weighted by Crippen LogP contribution is 2.40. The summed E-state index contributed by atoms with van der Waals surface area (Å²) in [6.45, 7) is 10.3. The number of aryl methyl sites for hydroxylation is 1. The Bertz CT molecular complexity index is 408. The molecule has 1 aliphatic carbocycles. The van der Waals surface area contributed by atoms with Crippen molar-refractivity contribution in [2.75, 3.05) is 0 Å². The van der Waals surface area contributed by atoms with E-state index in [4.69, 9.17) is 5.73 Å². The zero-order chi connectivity index (χ0) is 14.8. The second-order valence-corrected chi connectivity index (χ2v) is 7.48. The molecule has 0 radical (unpaired) electrons. The number of nitrogens with two attached hydrogens (primary N) is 1. The van der Waals surface area contributed by atoms with Crippen molar-refractivity contribution in [3.8, 4) is 0 Å². The van der Waals surface area contributed by atoms with E-state index in [-0.39, 0.29) is 6.04 Å². The molecule has 20 heavy (non-hydrogen) atoms. The molecule has 0 spiro atoms. The summed E-state index contributed by atoms with van der Waals surface area (Å²) in [7, 11) is 0. The summed E-state index contributed by atoms with van der Waals surface area (Å²) in [6.07, 6.45) is 10.1. The average molecular weight is 277 g/mol. The summed E-state index contributed by atoms with van der Waals surface area (Å²) >= 11 is 0. The minimum Gasteiger partial charge on any atom is -0.335 e. The van der Waals surface area contributed by atoms with Crippen LogP contribution in [0.1, 0.15) is 59.2 Å². The first-order valence-electron chi connectivity index (χ1n) is 8.17. The Balaban J connectivity index is 1.87. The minimum absolute atomic E-state index is 0.267. The van der Waals surface area contributed by atoms with Crippen molar-refractivity contribution in [3.05, 3.63) is 18.2 Å². The molecular weight excluding hydrogens is 246 g/mol. The van der Waals surface area contributed by atoms with Gasteiger partial charge < -0.3 is 10.3 Å². The van der Waals surface area contributed by atoms with E-state index in [9.17, 15) is 0 Å².